The van der Waals surface area contributed by atoms with Crippen LogP contribution in [0.4, 0.5) is 20.2 Å². The number of aromatic nitrogens is 2. The highest BCUT2D eigenvalue weighted by molar-refractivity contribution is 6.32. The van der Waals surface area contributed by atoms with E-state index in [1.54, 1.807) is 30.5 Å². The molecule has 0 aliphatic carbocycles. The Morgan fingerprint density at radius 3 is 2.92 bits per heavy atom. The standard InChI is InChI=1S/C25H25ClF2N4O5/c1-34-23-16(26)3-2-4-17(23)31-22-19-20(15(24(27)28)9-30-25(19)33)32-21(22)14-5-6-29-10-18(14)37-12-13-11-35-7-8-36-13/h2-6,10,13,15,24,31-32H,7-9,11-12H2,1H3,(H,30,33)/t13-,15-/m0/s1. The molecule has 196 valence electrons. The van der Waals surface area contributed by atoms with E-state index in [-0.39, 0.29) is 36.2 Å². The van der Waals surface area contributed by atoms with Crippen LogP contribution in [0.25, 0.3) is 11.3 Å². The van der Waals surface area contributed by atoms with Crippen LogP contribution in [0.5, 0.6) is 11.5 Å². The van der Waals surface area contributed by atoms with Gasteiger partial charge < -0.3 is 34.6 Å². The van der Waals surface area contributed by atoms with Crippen molar-refractivity contribution < 1.29 is 32.5 Å². The van der Waals surface area contributed by atoms with Crippen molar-refractivity contribution in [2.45, 2.75) is 18.4 Å². The third kappa shape index (κ3) is 5.07. The number of carbonyl (C=O) groups excluding carboxylic acids is 1. The van der Waals surface area contributed by atoms with Crippen molar-refractivity contribution >= 4 is 28.9 Å². The summed E-state index contributed by atoms with van der Waals surface area (Å²) >= 11 is 6.30. The molecule has 1 saturated heterocycles. The number of H-pyrrole nitrogens is 1. The molecule has 0 spiro atoms. The average Bonchev–Trinajstić information content (AvgIpc) is 3.28. The Kier molecular flexibility index (Phi) is 7.45. The van der Waals surface area contributed by atoms with Crippen LogP contribution in [0.3, 0.4) is 0 Å². The molecule has 2 aromatic heterocycles. The summed E-state index contributed by atoms with van der Waals surface area (Å²) in [6, 6.07) is 6.76. The maximum absolute atomic E-state index is 14.0. The number of nitrogens with zero attached hydrogens (tertiary/aromatic N) is 1. The SMILES string of the molecule is COc1c(Cl)cccc1Nc1c(-c2ccncc2OC[C@@H]2COCCO2)[nH]c2c1C(=O)NC[C@@H]2C(F)F. The maximum atomic E-state index is 14.0. The number of aromatic amines is 1. The molecule has 4 heterocycles. The van der Waals surface area contributed by atoms with Crippen molar-refractivity contribution in [1.29, 1.82) is 0 Å². The van der Waals surface area contributed by atoms with E-state index in [1.165, 1.54) is 13.3 Å². The van der Waals surface area contributed by atoms with Crippen LogP contribution in [-0.4, -0.2) is 68.5 Å². The zero-order chi connectivity index (χ0) is 25.9. The number of amides is 1. The van der Waals surface area contributed by atoms with Crippen LogP contribution in [0.15, 0.2) is 36.7 Å². The van der Waals surface area contributed by atoms with Gasteiger partial charge in [-0.1, -0.05) is 17.7 Å². The molecule has 9 nitrogen and oxygen atoms in total. The first kappa shape index (κ1) is 25.2. The van der Waals surface area contributed by atoms with Gasteiger partial charge in [-0.2, -0.15) is 0 Å². The fourth-order valence-corrected chi connectivity index (χ4v) is 4.69. The molecule has 1 aromatic carbocycles. The molecule has 0 radical (unpaired) electrons. The Balaban J connectivity index is 1.61. The number of benzene rings is 1. The van der Waals surface area contributed by atoms with E-state index >= 15 is 0 Å². The molecule has 0 bridgehead atoms. The third-order valence-electron chi connectivity index (χ3n) is 6.21. The van der Waals surface area contributed by atoms with Crippen molar-refractivity contribution in [3.63, 3.8) is 0 Å². The maximum Gasteiger partial charge on any atom is 0.255 e. The molecule has 3 N–H and O–H groups in total. The minimum atomic E-state index is -2.70. The van der Waals surface area contributed by atoms with E-state index in [2.05, 4.69) is 20.6 Å². The predicted octanol–water partition coefficient (Wildman–Crippen LogP) is 4.37. The molecule has 12 heteroatoms. The molecule has 2 aliphatic heterocycles. The highest BCUT2D eigenvalue weighted by Gasteiger charge is 2.37. The molecule has 1 fully saturated rings. The second-order valence-electron chi connectivity index (χ2n) is 8.51. The number of rotatable bonds is 8. The number of methoxy groups -OCH3 is 1. The lowest BCUT2D eigenvalue weighted by Gasteiger charge is -2.23. The number of ether oxygens (including phenoxy) is 4. The van der Waals surface area contributed by atoms with Gasteiger partial charge in [0.2, 0.25) is 6.43 Å². The highest BCUT2D eigenvalue weighted by Crippen LogP contribution is 2.45. The van der Waals surface area contributed by atoms with Gasteiger partial charge in [-0.25, -0.2) is 8.78 Å². The topological polar surface area (TPSA) is 107 Å². The molecule has 3 aromatic rings. The molecule has 0 saturated carbocycles. The van der Waals surface area contributed by atoms with Crippen LogP contribution >= 0.6 is 11.6 Å². The Bertz CT molecular complexity index is 1280. The molecule has 2 aliphatic rings. The minimum Gasteiger partial charge on any atom is -0.493 e. The van der Waals surface area contributed by atoms with E-state index in [0.717, 1.165) is 0 Å². The van der Waals surface area contributed by atoms with Gasteiger partial charge in [0.25, 0.3) is 5.91 Å². The third-order valence-corrected chi connectivity index (χ3v) is 6.51. The zero-order valence-electron chi connectivity index (χ0n) is 19.9. The molecule has 1 amide bonds. The summed E-state index contributed by atoms with van der Waals surface area (Å²) < 4.78 is 50.5. The normalized spacial score (nSPS) is 19.3. The number of pyridine rings is 1. The number of fused-ring (bicyclic) bond motifs is 1. The summed E-state index contributed by atoms with van der Waals surface area (Å²) in [5.74, 6) is -0.984. The van der Waals surface area contributed by atoms with E-state index in [4.69, 9.17) is 30.5 Å². The number of hydrogen-bond acceptors (Lipinski definition) is 7. The monoisotopic (exact) mass is 534 g/mol. The van der Waals surface area contributed by atoms with E-state index in [1.807, 2.05) is 0 Å². The summed E-state index contributed by atoms with van der Waals surface area (Å²) in [4.78, 5) is 20.2. The molecule has 5 rings (SSSR count). The van der Waals surface area contributed by atoms with Crippen LogP contribution in [0, 0.1) is 0 Å². The highest BCUT2D eigenvalue weighted by atomic mass is 35.5. The predicted molar refractivity (Wildman–Crippen MR) is 132 cm³/mol. The number of carbonyl (C=O) groups is 1. The van der Waals surface area contributed by atoms with Gasteiger partial charge in [-0.3, -0.25) is 9.78 Å². The van der Waals surface area contributed by atoms with Gasteiger partial charge in [0.05, 0.1) is 66.7 Å². The second kappa shape index (κ2) is 10.9. The lowest BCUT2D eigenvalue weighted by atomic mass is 9.96. The molecule has 2 atom stereocenters. The summed E-state index contributed by atoms with van der Waals surface area (Å²) in [5.41, 5.74) is 1.85. The first-order chi connectivity index (χ1) is 18.0. The van der Waals surface area contributed by atoms with Crippen LogP contribution in [0.2, 0.25) is 5.02 Å². The zero-order valence-corrected chi connectivity index (χ0v) is 20.6. The first-order valence-corrected chi connectivity index (χ1v) is 12.0. The second-order valence-corrected chi connectivity index (χ2v) is 8.92. The number of para-hydroxylation sites is 1. The smallest absolute Gasteiger partial charge is 0.255 e. The lowest BCUT2D eigenvalue weighted by molar-refractivity contribution is -0.101. The summed E-state index contributed by atoms with van der Waals surface area (Å²) in [7, 11) is 1.46. The van der Waals surface area contributed by atoms with Gasteiger partial charge in [0.1, 0.15) is 18.5 Å². The summed E-state index contributed by atoms with van der Waals surface area (Å²) in [5, 5.41) is 6.11. The fraction of sp³-hybridized carbons (Fsp3) is 0.360. The molecule has 37 heavy (non-hydrogen) atoms. The Labute approximate surface area is 216 Å². The molecular formula is C25H25ClF2N4O5. The van der Waals surface area contributed by atoms with Gasteiger partial charge >= 0.3 is 0 Å². The Morgan fingerprint density at radius 2 is 2.16 bits per heavy atom. The van der Waals surface area contributed by atoms with Crippen LogP contribution < -0.4 is 20.1 Å². The van der Waals surface area contributed by atoms with Gasteiger partial charge in [-0.15, -0.1) is 0 Å². The number of nitrogens with one attached hydrogen (secondary N) is 3. The van der Waals surface area contributed by atoms with Crippen molar-refractivity contribution in [2.75, 3.05) is 45.4 Å². The largest absolute Gasteiger partial charge is 0.493 e. The van der Waals surface area contributed by atoms with Crippen LogP contribution in [0.1, 0.15) is 22.0 Å². The van der Waals surface area contributed by atoms with Crippen molar-refractivity contribution in [2.24, 2.45) is 0 Å². The summed E-state index contributed by atoms with van der Waals surface area (Å²) in [6.07, 6.45) is 0.112. The van der Waals surface area contributed by atoms with Gasteiger partial charge in [-0.05, 0) is 18.2 Å². The summed E-state index contributed by atoms with van der Waals surface area (Å²) in [6.45, 7) is 1.39. The van der Waals surface area contributed by atoms with E-state index in [9.17, 15) is 13.6 Å². The first-order valence-electron chi connectivity index (χ1n) is 11.7. The number of anilines is 2. The fourth-order valence-electron chi connectivity index (χ4n) is 4.43. The van der Waals surface area contributed by atoms with Crippen molar-refractivity contribution in [1.82, 2.24) is 15.3 Å². The number of alkyl halides is 2. The Hall–Kier alpha value is -3.41. The number of halogens is 3. The van der Waals surface area contributed by atoms with Crippen molar-refractivity contribution in [3.05, 3.63) is 52.9 Å². The van der Waals surface area contributed by atoms with Gasteiger partial charge in [0, 0.05) is 24.0 Å². The van der Waals surface area contributed by atoms with Gasteiger partial charge in [0.15, 0.2) is 5.75 Å². The molecule has 0 unspecified atom stereocenters. The Morgan fingerprint density at radius 1 is 1.30 bits per heavy atom. The van der Waals surface area contributed by atoms with E-state index < -0.39 is 18.3 Å². The minimum absolute atomic E-state index is 0.0837. The molecular weight excluding hydrogens is 510 g/mol. The quantitative estimate of drug-likeness (QED) is 0.394. The van der Waals surface area contributed by atoms with Crippen LogP contribution in [-0.2, 0) is 9.47 Å². The average molecular weight is 535 g/mol. The number of hydrogen-bond donors (Lipinski definition) is 3. The van der Waals surface area contributed by atoms with E-state index in [0.29, 0.717) is 53.3 Å². The van der Waals surface area contributed by atoms with Crippen molar-refractivity contribution in [3.8, 4) is 22.8 Å². The lowest BCUT2D eigenvalue weighted by Crippen LogP contribution is -2.37.